The molecule has 2 aromatic heterocycles. The summed E-state index contributed by atoms with van der Waals surface area (Å²) < 4.78 is 7.13. The van der Waals surface area contributed by atoms with Crippen molar-refractivity contribution < 1.29 is 9.53 Å². The number of benzene rings is 2. The molecule has 0 aliphatic carbocycles. The lowest BCUT2D eigenvalue weighted by molar-refractivity contribution is -0.113. The van der Waals surface area contributed by atoms with Crippen molar-refractivity contribution in [3.63, 3.8) is 0 Å². The topological polar surface area (TPSA) is 94.0 Å². The Kier molecular flexibility index (Phi) is 5.73. The number of nitrogens with one attached hydrogen (secondary N) is 2. The summed E-state index contributed by atoms with van der Waals surface area (Å²) in [5.74, 6) is 1.37. The van der Waals surface area contributed by atoms with E-state index >= 15 is 0 Å². The first-order chi connectivity index (χ1) is 16.5. The van der Waals surface area contributed by atoms with E-state index in [9.17, 15) is 4.79 Å². The molecule has 0 fully saturated rings. The normalized spacial score (nSPS) is 14.9. The van der Waals surface area contributed by atoms with Crippen molar-refractivity contribution >= 4 is 29.1 Å². The first-order valence-corrected chi connectivity index (χ1v) is 11.0. The van der Waals surface area contributed by atoms with Crippen molar-refractivity contribution in [1.82, 2.24) is 19.7 Å². The van der Waals surface area contributed by atoms with Crippen LogP contribution in [0.4, 0.5) is 11.6 Å². The molecular weight excluding hydrogens is 452 g/mol. The summed E-state index contributed by atoms with van der Waals surface area (Å²) in [7, 11) is 1.57. The second-order valence-corrected chi connectivity index (χ2v) is 8.15. The number of rotatable bonds is 5. The zero-order chi connectivity index (χ0) is 23.7. The number of pyridine rings is 1. The molecule has 0 radical (unpaired) electrons. The van der Waals surface area contributed by atoms with E-state index in [4.69, 9.17) is 21.4 Å². The number of halogens is 1. The van der Waals surface area contributed by atoms with Crippen LogP contribution in [0, 0.1) is 0 Å². The summed E-state index contributed by atoms with van der Waals surface area (Å²) in [6.07, 6.45) is 3.38. The number of carbonyl (C=O) groups is 1. The molecule has 0 bridgehead atoms. The molecule has 3 heterocycles. The van der Waals surface area contributed by atoms with Crippen molar-refractivity contribution in [1.29, 1.82) is 0 Å². The first-order valence-electron chi connectivity index (χ1n) is 10.6. The highest BCUT2D eigenvalue weighted by molar-refractivity contribution is 6.30. The molecular formula is C25H21ClN6O2. The second-order valence-electron chi connectivity index (χ2n) is 7.71. The Balaban J connectivity index is 1.60. The highest BCUT2D eigenvalue weighted by Crippen LogP contribution is 2.37. The van der Waals surface area contributed by atoms with E-state index in [1.54, 1.807) is 48.5 Å². The van der Waals surface area contributed by atoms with Gasteiger partial charge in [0.25, 0.3) is 5.91 Å². The van der Waals surface area contributed by atoms with Gasteiger partial charge in [-0.1, -0.05) is 35.9 Å². The van der Waals surface area contributed by atoms with Crippen molar-refractivity contribution in [2.24, 2.45) is 0 Å². The summed E-state index contributed by atoms with van der Waals surface area (Å²) in [6.45, 7) is 1.85. The van der Waals surface area contributed by atoms with Gasteiger partial charge in [0.05, 0.1) is 18.4 Å². The third-order valence-electron chi connectivity index (χ3n) is 5.58. The fraction of sp³-hybridized carbons (Fsp3) is 0.120. The maximum Gasteiger partial charge on any atom is 0.255 e. The maximum atomic E-state index is 13.6. The van der Waals surface area contributed by atoms with E-state index in [2.05, 4.69) is 20.6 Å². The van der Waals surface area contributed by atoms with Crippen molar-refractivity contribution in [3.05, 3.63) is 94.9 Å². The second kappa shape index (κ2) is 8.99. The summed E-state index contributed by atoms with van der Waals surface area (Å²) in [5, 5.41) is 11.6. The summed E-state index contributed by atoms with van der Waals surface area (Å²) >= 11 is 6.15. The van der Waals surface area contributed by atoms with Gasteiger partial charge in [-0.05, 0) is 48.9 Å². The lowest BCUT2D eigenvalue weighted by Gasteiger charge is -2.28. The van der Waals surface area contributed by atoms with Crippen molar-refractivity contribution in [3.8, 4) is 17.1 Å². The zero-order valence-corrected chi connectivity index (χ0v) is 19.2. The number of carbonyl (C=O) groups excluding carboxylic acids is 1. The van der Waals surface area contributed by atoms with Gasteiger partial charge >= 0.3 is 0 Å². The first kappa shape index (κ1) is 21.7. The van der Waals surface area contributed by atoms with E-state index < -0.39 is 6.04 Å². The van der Waals surface area contributed by atoms with Crippen LogP contribution in [0.5, 0.6) is 5.75 Å². The number of fused-ring (bicyclic) bond motifs is 1. The number of amides is 1. The minimum atomic E-state index is -0.522. The minimum Gasteiger partial charge on any atom is -0.495 e. The van der Waals surface area contributed by atoms with Gasteiger partial charge in [0.15, 0.2) is 5.82 Å². The molecule has 0 saturated heterocycles. The Morgan fingerprint density at radius 1 is 1.09 bits per heavy atom. The van der Waals surface area contributed by atoms with Gasteiger partial charge in [0.2, 0.25) is 5.95 Å². The van der Waals surface area contributed by atoms with Crippen LogP contribution >= 0.6 is 11.6 Å². The predicted octanol–water partition coefficient (Wildman–Crippen LogP) is 4.93. The molecule has 4 aromatic rings. The molecule has 2 N–H and O–H groups in total. The van der Waals surface area contributed by atoms with Crippen LogP contribution in [0.3, 0.4) is 0 Å². The van der Waals surface area contributed by atoms with Crippen LogP contribution in [0.2, 0.25) is 5.02 Å². The molecule has 1 aliphatic heterocycles. The minimum absolute atomic E-state index is 0.277. The van der Waals surface area contributed by atoms with Crippen LogP contribution < -0.4 is 15.4 Å². The number of nitrogens with zero attached hydrogens (tertiary/aromatic N) is 4. The number of para-hydroxylation sites is 2. The quantitative estimate of drug-likeness (QED) is 0.427. The number of methoxy groups -OCH3 is 1. The molecule has 1 atom stereocenters. The van der Waals surface area contributed by atoms with Gasteiger partial charge in [-0.2, -0.15) is 4.98 Å². The van der Waals surface area contributed by atoms with Gasteiger partial charge in [-0.15, -0.1) is 5.10 Å². The van der Waals surface area contributed by atoms with E-state index in [1.165, 1.54) is 0 Å². The fourth-order valence-corrected chi connectivity index (χ4v) is 4.09. The smallest absolute Gasteiger partial charge is 0.255 e. The number of hydrogen-bond donors (Lipinski definition) is 2. The van der Waals surface area contributed by atoms with Crippen LogP contribution in [0.15, 0.2) is 84.3 Å². The number of allylic oxidation sites excluding steroid dienone is 1. The monoisotopic (exact) mass is 472 g/mol. The van der Waals surface area contributed by atoms with Gasteiger partial charge in [0, 0.05) is 28.7 Å². The highest BCUT2D eigenvalue weighted by Gasteiger charge is 2.34. The molecule has 1 amide bonds. The molecule has 0 spiro atoms. The van der Waals surface area contributed by atoms with Crippen LogP contribution in [-0.4, -0.2) is 32.8 Å². The summed E-state index contributed by atoms with van der Waals surface area (Å²) in [6, 6.07) is 17.8. The number of aromatic nitrogens is 4. The lowest BCUT2D eigenvalue weighted by Crippen LogP contribution is -2.31. The average Bonchev–Trinajstić information content (AvgIpc) is 3.28. The molecule has 34 heavy (non-hydrogen) atoms. The Labute approximate surface area is 201 Å². The van der Waals surface area contributed by atoms with Gasteiger partial charge in [-0.25, -0.2) is 4.68 Å². The van der Waals surface area contributed by atoms with Crippen LogP contribution in [0.25, 0.3) is 11.4 Å². The number of hydrogen-bond acceptors (Lipinski definition) is 6. The zero-order valence-electron chi connectivity index (χ0n) is 18.5. The van der Waals surface area contributed by atoms with Gasteiger partial charge in [0.1, 0.15) is 11.8 Å². The number of ether oxygens (including phenoxy) is 1. The molecule has 170 valence electrons. The van der Waals surface area contributed by atoms with Gasteiger partial charge < -0.3 is 15.4 Å². The third kappa shape index (κ3) is 3.99. The third-order valence-corrected chi connectivity index (χ3v) is 5.83. The van der Waals surface area contributed by atoms with Crippen molar-refractivity contribution in [2.45, 2.75) is 13.0 Å². The SMILES string of the molecule is COc1ccccc1NC(=O)C1=C(C)Nc2nc(-c3ccncc3)nn2C1c1ccc(Cl)cc1. The molecule has 2 aromatic carbocycles. The Hall–Kier alpha value is -4.17. The Morgan fingerprint density at radius 3 is 2.56 bits per heavy atom. The summed E-state index contributed by atoms with van der Waals surface area (Å²) in [5.41, 5.74) is 3.43. The molecule has 1 unspecified atom stereocenters. The molecule has 5 rings (SSSR count). The van der Waals surface area contributed by atoms with E-state index in [0.717, 1.165) is 11.1 Å². The van der Waals surface area contributed by atoms with Gasteiger partial charge in [-0.3, -0.25) is 9.78 Å². The Morgan fingerprint density at radius 2 is 1.82 bits per heavy atom. The highest BCUT2D eigenvalue weighted by atomic mass is 35.5. The predicted molar refractivity (Wildman–Crippen MR) is 131 cm³/mol. The van der Waals surface area contributed by atoms with E-state index in [1.807, 2.05) is 43.3 Å². The largest absolute Gasteiger partial charge is 0.495 e. The average molecular weight is 473 g/mol. The fourth-order valence-electron chi connectivity index (χ4n) is 3.96. The number of anilines is 2. The van der Waals surface area contributed by atoms with E-state index in [0.29, 0.717) is 39.5 Å². The standard InChI is InChI=1S/C25H21ClN6O2/c1-15-21(24(33)29-19-5-3-4-6-20(19)34-2)22(16-7-9-18(26)10-8-16)32-25(28-15)30-23(31-32)17-11-13-27-14-12-17/h3-14,22H,1-2H3,(H,29,33)(H,28,30,31). The van der Waals surface area contributed by atoms with Crippen LogP contribution in [-0.2, 0) is 4.79 Å². The lowest BCUT2D eigenvalue weighted by atomic mass is 9.95. The molecule has 0 saturated carbocycles. The van der Waals surface area contributed by atoms with Crippen LogP contribution in [0.1, 0.15) is 18.5 Å². The van der Waals surface area contributed by atoms with Crippen molar-refractivity contribution in [2.75, 3.05) is 17.7 Å². The van der Waals surface area contributed by atoms with E-state index in [-0.39, 0.29) is 5.91 Å². The molecule has 8 nitrogen and oxygen atoms in total. The molecule has 9 heteroatoms. The molecule has 1 aliphatic rings. The Bertz CT molecular complexity index is 1380. The summed E-state index contributed by atoms with van der Waals surface area (Å²) in [4.78, 5) is 22.4. The maximum absolute atomic E-state index is 13.6.